The first-order valence-electron chi connectivity index (χ1n) is 7.25. The molecule has 1 aromatic rings. The Kier molecular flexibility index (Phi) is 2.59. The molecule has 0 atom stereocenters. The van der Waals surface area contributed by atoms with Gasteiger partial charge in [0.25, 0.3) is 10.0 Å². The highest BCUT2D eigenvalue weighted by atomic mass is 32.2. The first kappa shape index (κ1) is 12.8. The lowest BCUT2D eigenvalue weighted by Gasteiger charge is -2.54. The Balaban J connectivity index is 1.58. The van der Waals surface area contributed by atoms with Crippen LogP contribution in [0, 0.1) is 5.41 Å². The number of aromatic nitrogens is 2. The fourth-order valence-electron chi connectivity index (χ4n) is 3.32. The van der Waals surface area contributed by atoms with E-state index in [-0.39, 0.29) is 5.41 Å². The third-order valence-electron chi connectivity index (χ3n) is 5.01. The predicted octanol–water partition coefficient (Wildman–Crippen LogP) is 0.282. The molecule has 0 bridgehead atoms. The Morgan fingerprint density at radius 1 is 1.35 bits per heavy atom. The van der Waals surface area contributed by atoms with Crippen molar-refractivity contribution in [2.75, 3.05) is 26.2 Å². The molecule has 3 fully saturated rings. The zero-order chi connectivity index (χ0) is 14.0. The Bertz CT molecular complexity index is 635. The van der Waals surface area contributed by atoms with Gasteiger partial charge in [0.15, 0.2) is 5.03 Å². The predicted molar refractivity (Wildman–Crippen MR) is 73.9 cm³/mol. The number of hydrogen-bond acceptors (Lipinski definition) is 4. The third-order valence-corrected chi connectivity index (χ3v) is 6.86. The van der Waals surface area contributed by atoms with Crippen LogP contribution in [0.1, 0.15) is 30.9 Å². The Labute approximate surface area is 119 Å². The highest BCUT2D eigenvalue weighted by Gasteiger charge is 2.52. The van der Waals surface area contributed by atoms with Crippen LogP contribution in [0.2, 0.25) is 0 Å². The molecule has 0 aromatic carbocycles. The van der Waals surface area contributed by atoms with Gasteiger partial charge in [-0.25, -0.2) is 8.42 Å². The number of rotatable bonds is 3. The summed E-state index contributed by atoms with van der Waals surface area (Å²) in [6.45, 7) is 3.17. The summed E-state index contributed by atoms with van der Waals surface area (Å²) in [7, 11) is -1.64. The third kappa shape index (κ3) is 1.69. The fourth-order valence-corrected chi connectivity index (χ4v) is 5.12. The number of hydrogen-bond donors (Lipinski definition) is 1. The molecule has 2 saturated heterocycles. The summed E-state index contributed by atoms with van der Waals surface area (Å²) in [4.78, 5) is 0. The summed E-state index contributed by atoms with van der Waals surface area (Å²) >= 11 is 0. The molecule has 3 heterocycles. The van der Waals surface area contributed by atoms with Crippen molar-refractivity contribution in [1.82, 2.24) is 19.4 Å². The van der Waals surface area contributed by atoms with Gasteiger partial charge in [0.2, 0.25) is 0 Å². The van der Waals surface area contributed by atoms with Crippen molar-refractivity contribution in [2.45, 2.75) is 30.2 Å². The number of sulfonamides is 1. The molecule has 0 unspecified atom stereocenters. The van der Waals surface area contributed by atoms with Crippen molar-refractivity contribution in [3.63, 3.8) is 0 Å². The molecule has 2 aliphatic heterocycles. The first-order valence-corrected chi connectivity index (χ1v) is 8.69. The van der Waals surface area contributed by atoms with Gasteiger partial charge in [-0.3, -0.25) is 4.68 Å². The van der Waals surface area contributed by atoms with E-state index < -0.39 is 10.0 Å². The van der Waals surface area contributed by atoms with Gasteiger partial charge in [-0.2, -0.15) is 9.40 Å². The summed E-state index contributed by atoms with van der Waals surface area (Å²) in [6, 6.07) is 1.78. The van der Waals surface area contributed by atoms with E-state index in [9.17, 15) is 8.42 Å². The maximum atomic E-state index is 12.7. The second-order valence-electron chi connectivity index (χ2n) is 6.54. The maximum absolute atomic E-state index is 12.7. The topological polar surface area (TPSA) is 67.2 Å². The molecule has 1 spiro atoms. The minimum Gasteiger partial charge on any atom is -0.315 e. The van der Waals surface area contributed by atoms with Gasteiger partial charge in [0.05, 0.1) is 5.69 Å². The summed E-state index contributed by atoms with van der Waals surface area (Å²) < 4.78 is 28.4. The minimum atomic E-state index is -3.37. The van der Waals surface area contributed by atoms with Gasteiger partial charge >= 0.3 is 0 Å². The summed E-state index contributed by atoms with van der Waals surface area (Å²) in [5, 5.41) is 7.98. The average Bonchev–Trinajstić information content (AvgIpc) is 2.53. The van der Waals surface area contributed by atoms with E-state index in [0.717, 1.165) is 31.6 Å². The standard InChI is InChI=1S/C13H20N4O2S/c1-16-12(5-11(15-16)10-3-2-4-10)20(18,19)17-8-13(9-17)6-14-7-13/h5,10,14H,2-4,6-9H2,1H3. The highest BCUT2D eigenvalue weighted by molar-refractivity contribution is 7.89. The van der Waals surface area contributed by atoms with Gasteiger partial charge in [0.1, 0.15) is 0 Å². The summed E-state index contributed by atoms with van der Waals surface area (Å²) in [5.41, 5.74) is 1.15. The molecule has 1 aromatic heterocycles. The van der Waals surface area contributed by atoms with Crippen molar-refractivity contribution < 1.29 is 8.42 Å². The molecule has 1 N–H and O–H groups in total. The van der Waals surface area contributed by atoms with Crippen molar-refractivity contribution in [3.05, 3.63) is 11.8 Å². The molecule has 0 amide bonds. The maximum Gasteiger partial charge on any atom is 0.260 e. The van der Waals surface area contributed by atoms with Crippen molar-refractivity contribution in [3.8, 4) is 0 Å². The van der Waals surface area contributed by atoms with E-state index in [0.29, 0.717) is 24.0 Å². The Hall–Kier alpha value is -0.920. The summed E-state index contributed by atoms with van der Waals surface area (Å²) in [6.07, 6.45) is 3.50. The minimum absolute atomic E-state index is 0.211. The van der Waals surface area contributed by atoms with Gasteiger partial charge in [0, 0.05) is 50.6 Å². The SMILES string of the molecule is Cn1nc(C2CCC2)cc1S(=O)(=O)N1CC2(CNC2)C1. The van der Waals surface area contributed by atoms with E-state index in [1.165, 1.54) is 11.1 Å². The van der Waals surface area contributed by atoms with E-state index >= 15 is 0 Å². The summed E-state index contributed by atoms with van der Waals surface area (Å²) in [5.74, 6) is 0.462. The molecule has 20 heavy (non-hydrogen) atoms. The van der Waals surface area contributed by atoms with Crippen LogP contribution in [-0.4, -0.2) is 48.7 Å². The second-order valence-corrected chi connectivity index (χ2v) is 8.42. The van der Waals surface area contributed by atoms with Gasteiger partial charge in [-0.15, -0.1) is 0 Å². The lowest BCUT2D eigenvalue weighted by molar-refractivity contribution is 0.0161. The van der Waals surface area contributed by atoms with E-state index in [2.05, 4.69) is 10.4 Å². The Morgan fingerprint density at radius 2 is 2.05 bits per heavy atom. The van der Waals surface area contributed by atoms with Crippen LogP contribution in [0.25, 0.3) is 0 Å². The van der Waals surface area contributed by atoms with Crippen LogP contribution < -0.4 is 5.32 Å². The van der Waals surface area contributed by atoms with E-state index in [1.54, 1.807) is 17.4 Å². The molecule has 110 valence electrons. The highest BCUT2D eigenvalue weighted by Crippen LogP contribution is 2.39. The van der Waals surface area contributed by atoms with Gasteiger partial charge in [-0.05, 0) is 12.8 Å². The molecule has 7 heteroatoms. The van der Waals surface area contributed by atoms with Crippen molar-refractivity contribution in [1.29, 1.82) is 0 Å². The van der Waals surface area contributed by atoms with E-state index in [1.807, 2.05) is 0 Å². The molecule has 6 nitrogen and oxygen atoms in total. The first-order chi connectivity index (χ1) is 9.50. The van der Waals surface area contributed by atoms with Crippen LogP contribution in [0.5, 0.6) is 0 Å². The lowest BCUT2D eigenvalue weighted by atomic mass is 9.76. The molecule has 0 radical (unpaired) electrons. The molecule has 3 aliphatic rings. The number of aryl methyl sites for hydroxylation is 1. The lowest BCUT2D eigenvalue weighted by Crippen LogP contribution is -2.71. The second kappa shape index (κ2) is 4.05. The van der Waals surface area contributed by atoms with Crippen LogP contribution in [0.4, 0.5) is 0 Å². The molecule has 4 rings (SSSR count). The van der Waals surface area contributed by atoms with Crippen LogP contribution in [0.15, 0.2) is 11.1 Å². The van der Waals surface area contributed by atoms with E-state index in [4.69, 9.17) is 0 Å². The quantitative estimate of drug-likeness (QED) is 0.870. The van der Waals surface area contributed by atoms with Crippen LogP contribution in [-0.2, 0) is 17.1 Å². The normalized spacial score (nSPS) is 26.1. The van der Waals surface area contributed by atoms with Gasteiger partial charge in [-0.1, -0.05) is 6.42 Å². The van der Waals surface area contributed by atoms with Crippen molar-refractivity contribution in [2.24, 2.45) is 12.5 Å². The molecule has 1 saturated carbocycles. The largest absolute Gasteiger partial charge is 0.315 e. The number of nitrogens with zero attached hydrogens (tertiary/aromatic N) is 3. The van der Waals surface area contributed by atoms with Gasteiger partial charge < -0.3 is 5.32 Å². The molecular weight excluding hydrogens is 276 g/mol. The smallest absolute Gasteiger partial charge is 0.260 e. The van der Waals surface area contributed by atoms with Crippen molar-refractivity contribution >= 4 is 10.0 Å². The zero-order valence-corrected chi connectivity index (χ0v) is 12.5. The molecule has 1 aliphatic carbocycles. The fraction of sp³-hybridized carbons (Fsp3) is 0.769. The van der Waals surface area contributed by atoms with Crippen LogP contribution >= 0.6 is 0 Å². The zero-order valence-electron chi connectivity index (χ0n) is 11.7. The molecular formula is C13H20N4O2S. The Morgan fingerprint density at radius 3 is 2.55 bits per heavy atom. The van der Waals surface area contributed by atoms with Crippen LogP contribution in [0.3, 0.4) is 0 Å². The monoisotopic (exact) mass is 296 g/mol. The average molecular weight is 296 g/mol. The number of nitrogens with one attached hydrogen (secondary N) is 1.